The molecule has 28 heavy (non-hydrogen) atoms. The molecule has 0 radical (unpaired) electrons. The van der Waals surface area contributed by atoms with E-state index in [4.69, 9.17) is 4.74 Å². The number of para-hydroxylation sites is 1. The monoisotopic (exact) mass is 374 g/mol. The lowest BCUT2D eigenvalue weighted by molar-refractivity contribution is -0.137. The van der Waals surface area contributed by atoms with E-state index in [0.717, 1.165) is 16.9 Å². The summed E-state index contributed by atoms with van der Waals surface area (Å²) >= 11 is 0. The molecule has 0 aliphatic rings. The van der Waals surface area contributed by atoms with E-state index in [9.17, 15) is 9.59 Å². The van der Waals surface area contributed by atoms with Crippen molar-refractivity contribution < 1.29 is 14.3 Å². The van der Waals surface area contributed by atoms with E-state index in [1.807, 2.05) is 84.9 Å². The fourth-order valence-corrected chi connectivity index (χ4v) is 2.78. The smallest absolute Gasteiger partial charge is 0.316 e. The van der Waals surface area contributed by atoms with Gasteiger partial charge >= 0.3 is 11.8 Å². The van der Waals surface area contributed by atoms with Gasteiger partial charge in [-0.05, 0) is 35.4 Å². The zero-order chi connectivity index (χ0) is 19.8. The molecule has 3 aromatic rings. The number of rotatable bonds is 6. The number of nitrogens with zero attached hydrogens (tertiary/aromatic N) is 1. The highest BCUT2D eigenvalue weighted by molar-refractivity contribution is 6.40. The first kappa shape index (κ1) is 19.2. The summed E-state index contributed by atoms with van der Waals surface area (Å²) in [5, 5.41) is 2.70. The Hall–Kier alpha value is -3.60. The van der Waals surface area contributed by atoms with Crippen molar-refractivity contribution in [2.75, 3.05) is 12.0 Å². The normalized spacial score (nSPS) is 10.2. The van der Waals surface area contributed by atoms with Crippen molar-refractivity contribution in [3.8, 4) is 5.75 Å². The predicted molar refractivity (Wildman–Crippen MR) is 109 cm³/mol. The van der Waals surface area contributed by atoms with Crippen molar-refractivity contribution in [3.05, 3.63) is 96.1 Å². The largest absolute Gasteiger partial charge is 0.497 e. The molecule has 142 valence electrons. The Morgan fingerprint density at radius 1 is 0.821 bits per heavy atom. The van der Waals surface area contributed by atoms with Gasteiger partial charge in [0.05, 0.1) is 13.7 Å². The van der Waals surface area contributed by atoms with Crippen molar-refractivity contribution in [2.45, 2.75) is 13.1 Å². The number of benzene rings is 3. The second-order valence-corrected chi connectivity index (χ2v) is 6.24. The Labute approximate surface area is 164 Å². The number of ether oxygens (including phenoxy) is 1. The average molecular weight is 374 g/mol. The molecule has 0 atom stereocenters. The Morgan fingerprint density at radius 2 is 1.43 bits per heavy atom. The maximum atomic E-state index is 12.9. The van der Waals surface area contributed by atoms with E-state index in [-0.39, 0.29) is 6.54 Å². The maximum absolute atomic E-state index is 12.9. The van der Waals surface area contributed by atoms with Crippen LogP contribution >= 0.6 is 0 Å². The highest BCUT2D eigenvalue weighted by Gasteiger charge is 2.23. The molecule has 0 bridgehead atoms. The van der Waals surface area contributed by atoms with Crippen molar-refractivity contribution in [3.63, 3.8) is 0 Å². The fourth-order valence-electron chi connectivity index (χ4n) is 2.78. The Balaban J connectivity index is 1.71. The zero-order valence-corrected chi connectivity index (χ0v) is 15.7. The minimum Gasteiger partial charge on any atom is -0.497 e. The Bertz CT molecular complexity index is 910. The molecule has 0 aliphatic carbocycles. The van der Waals surface area contributed by atoms with Gasteiger partial charge in [0.15, 0.2) is 0 Å². The molecule has 3 aromatic carbocycles. The fraction of sp³-hybridized carbons (Fsp3) is 0.130. The molecule has 0 saturated heterocycles. The number of carbonyl (C=O) groups excluding carboxylic acids is 2. The van der Waals surface area contributed by atoms with Crippen LogP contribution in [0.15, 0.2) is 84.9 Å². The molecule has 0 unspecified atom stereocenters. The molecule has 0 aromatic heterocycles. The SMILES string of the molecule is COc1ccc(CNC(=O)C(=O)N(Cc2ccccc2)c2ccccc2)cc1. The van der Waals surface area contributed by atoms with Gasteiger partial charge in [-0.3, -0.25) is 14.5 Å². The Kier molecular flexibility index (Phi) is 6.41. The second-order valence-electron chi connectivity index (χ2n) is 6.24. The lowest BCUT2D eigenvalue weighted by atomic mass is 10.2. The molecule has 0 saturated carbocycles. The van der Waals surface area contributed by atoms with E-state index >= 15 is 0 Å². The third kappa shape index (κ3) is 4.98. The summed E-state index contributed by atoms with van der Waals surface area (Å²) in [6, 6.07) is 26.1. The number of nitrogens with one attached hydrogen (secondary N) is 1. The van der Waals surface area contributed by atoms with Crippen LogP contribution in [-0.4, -0.2) is 18.9 Å². The highest BCUT2D eigenvalue weighted by Crippen LogP contribution is 2.17. The quantitative estimate of drug-likeness (QED) is 0.672. The summed E-state index contributed by atoms with van der Waals surface area (Å²) in [6.07, 6.45) is 0. The van der Waals surface area contributed by atoms with E-state index < -0.39 is 11.8 Å². The van der Waals surface area contributed by atoms with Gasteiger partial charge in [-0.1, -0.05) is 60.7 Å². The molecule has 0 fully saturated rings. The van der Waals surface area contributed by atoms with Gasteiger partial charge in [-0.15, -0.1) is 0 Å². The minimum atomic E-state index is -0.643. The van der Waals surface area contributed by atoms with Crippen LogP contribution in [0.1, 0.15) is 11.1 Å². The van der Waals surface area contributed by atoms with Crippen LogP contribution in [0.2, 0.25) is 0 Å². The molecule has 3 rings (SSSR count). The van der Waals surface area contributed by atoms with Gasteiger partial charge < -0.3 is 10.1 Å². The molecular formula is C23H22N2O3. The summed E-state index contributed by atoms with van der Waals surface area (Å²) in [5.74, 6) is -0.497. The molecule has 2 amide bonds. The summed E-state index contributed by atoms with van der Waals surface area (Å²) in [7, 11) is 1.60. The van der Waals surface area contributed by atoms with E-state index in [1.165, 1.54) is 4.90 Å². The lowest BCUT2D eigenvalue weighted by Crippen LogP contribution is -2.42. The van der Waals surface area contributed by atoms with E-state index in [0.29, 0.717) is 12.2 Å². The van der Waals surface area contributed by atoms with Gasteiger partial charge in [-0.25, -0.2) is 0 Å². The van der Waals surface area contributed by atoms with Gasteiger partial charge in [0.1, 0.15) is 5.75 Å². The molecule has 5 nitrogen and oxygen atoms in total. The first-order valence-corrected chi connectivity index (χ1v) is 8.99. The third-order valence-corrected chi connectivity index (χ3v) is 4.30. The van der Waals surface area contributed by atoms with Crippen LogP contribution in [-0.2, 0) is 22.7 Å². The van der Waals surface area contributed by atoms with Crippen molar-refractivity contribution in [2.24, 2.45) is 0 Å². The van der Waals surface area contributed by atoms with Gasteiger partial charge in [-0.2, -0.15) is 0 Å². The average Bonchev–Trinajstić information content (AvgIpc) is 2.77. The zero-order valence-electron chi connectivity index (χ0n) is 15.7. The number of carbonyl (C=O) groups is 2. The summed E-state index contributed by atoms with van der Waals surface area (Å²) in [5.41, 5.74) is 2.51. The number of hydrogen-bond acceptors (Lipinski definition) is 3. The second kappa shape index (κ2) is 9.37. The van der Waals surface area contributed by atoms with Gasteiger partial charge in [0.2, 0.25) is 0 Å². The van der Waals surface area contributed by atoms with Crippen LogP contribution in [0.5, 0.6) is 5.75 Å². The van der Waals surface area contributed by atoms with Crippen molar-refractivity contribution >= 4 is 17.5 Å². The summed E-state index contributed by atoms with van der Waals surface area (Å²) in [4.78, 5) is 26.9. The van der Waals surface area contributed by atoms with E-state index in [1.54, 1.807) is 7.11 Å². The Morgan fingerprint density at radius 3 is 2.04 bits per heavy atom. The number of hydrogen-bond donors (Lipinski definition) is 1. The topological polar surface area (TPSA) is 58.6 Å². The standard InChI is InChI=1S/C23H22N2O3/c1-28-21-14-12-18(13-15-21)16-24-22(26)23(27)25(20-10-6-3-7-11-20)17-19-8-4-2-5-9-19/h2-15H,16-17H2,1H3,(H,24,26). The molecule has 0 spiro atoms. The maximum Gasteiger partial charge on any atom is 0.316 e. The van der Waals surface area contributed by atoms with Crippen LogP contribution in [0, 0.1) is 0 Å². The minimum absolute atomic E-state index is 0.266. The van der Waals surface area contributed by atoms with Crippen LogP contribution < -0.4 is 15.0 Å². The third-order valence-electron chi connectivity index (χ3n) is 4.30. The number of amides is 2. The van der Waals surface area contributed by atoms with E-state index in [2.05, 4.69) is 5.32 Å². The van der Waals surface area contributed by atoms with Gasteiger partial charge in [0.25, 0.3) is 0 Å². The first-order chi connectivity index (χ1) is 13.7. The first-order valence-electron chi connectivity index (χ1n) is 8.99. The molecule has 0 aliphatic heterocycles. The summed E-state index contributed by atoms with van der Waals surface area (Å²) < 4.78 is 5.12. The molecule has 0 heterocycles. The van der Waals surface area contributed by atoms with Gasteiger partial charge in [0, 0.05) is 12.2 Å². The van der Waals surface area contributed by atoms with Crippen LogP contribution in [0.3, 0.4) is 0 Å². The predicted octanol–water partition coefficient (Wildman–Crippen LogP) is 3.54. The molecule has 1 N–H and O–H groups in total. The van der Waals surface area contributed by atoms with Crippen LogP contribution in [0.4, 0.5) is 5.69 Å². The molecular weight excluding hydrogens is 352 g/mol. The number of anilines is 1. The lowest BCUT2D eigenvalue weighted by Gasteiger charge is -2.22. The van der Waals surface area contributed by atoms with Crippen molar-refractivity contribution in [1.29, 1.82) is 0 Å². The highest BCUT2D eigenvalue weighted by atomic mass is 16.5. The van der Waals surface area contributed by atoms with Crippen LogP contribution in [0.25, 0.3) is 0 Å². The summed E-state index contributed by atoms with van der Waals surface area (Å²) in [6.45, 7) is 0.585. The van der Waals surface area contributed by atoms with Crippen molar-refractivity contribution in [1.82, 2.24) is 5.32 Å². The number of methoxy groups -OCH3 is 1. The molecule has 5 heteroatoms.